The van der Waals surface area contributed by atoms with Gasteiger partial charge in [0.2, 0.25) is 0 Å². The van der Waals surface area contributed by atoms with Crippen molar-refractivity contribution >= 4 is 23.1 Å². The van der Waals surface area contributed by atoms with Gasteiger partial charge in [-0.2, -0.15) is 0 Å². The Labute approximate surface area is 96.7 Å². The number of hydrogen-bond donors (Lipinski definition) is 0. The Hall–Kier alpha value is -1.76. The number of aryl methyl sites for hydroxylation is 2. The summed E-state index contributed by atoms with van der Waals surface area (Å²) in [5, 5.41) is 1.33. The van der Waals surface area contributed by atoms with E-state index in [0.29, 0.717) is 0 Å². The van der Waals surface area contributed by atoms with Crippen molar-refractivity contribution in [2.24, 2.45) is 7.05 Å². The van der Waals surface area contributed by atoms with Gasteiger partial charge in [-0.15, -0.1) is 0 Å². The lowest BCUT2D eigenvalue weighted by Gasteiger charge is -1.98. The molecule has 1 heterocycles. The quantitative estimate of drug-likeness (QED) is 0.702. The predicted molar refractivity (Wildman–Crippen MR) is 72.5 cm³/mol. The fourth-order valence-electron chi connectivity index (χ4n) is 2.30. The Morgan fingerprint density at radius 2 is 2.06 bits per heavy atom. The molecule has 2 aromatic rings. The van der Waals surface area contributed by atoms with Gasteiger partial charge in [-0.05, 0) is 31.6 Å². The molecular formula is C15H17N. The number of benzene rings is 1. The van der Waals surface area contributed by atoms with Crippen LogP contribution < -0.4 is 0 Å². The van der Waals surface area contributed by atoms with Crippen molar-refractivity contribution in [2.45, 2.75) is 13.8 Å². The molecule has 16 heavy (non-hydrogen) atoms. The summed E-state index contributed by atoms with van der Waals surface area (Å²) in [6.07, 6.45) is 6.16. The number of aromatic nitrogens is 1. The molecule has 0 atom stereocenters. The molecule has 0 aliphatic rings. The molecule has 0 radical (unpaired) electrons. The smallest absolute Gasteiger partial charge is 0.0491 e. The summed E-state index contributed by atoms with van der Waals surface area (Å²) >= 11 is 0. The highest BCUT2D eigenvalue weighted by Gasteiger charge is 2.11. The minimum Gasteiger partial charge on any atom is -0.344 e. The van der Waals surface area contributed by atoms with Crippen molar-refractivity contribution in [2.75, 3.05) is 0 Å². The van der Waals surface area contributed by atoms with Gasteiger partial charge in [-0.25, -0.2) is 0 Å². The first-order chi connectivity index (χ1) is 7.70. The zero-order valence-corrected chi connectivity index (χ0v) is 10.1. The average molecular weight is 211 g/mol. The van der Waals surface area contributed by atoms with E-state index in [1.807, 2.05) is 13.0 Å². The number of allylic oxidation sites excluding steroid dienone is 1. The number of fused-ring (bicyclic) bond motifs is 1. The van der Waals surface area contributed by atoms with Crippen LogP contribution in [0.2, 0.25) is 0 Å². The van der Waals surface area contributed by atoms with Crippen molar-refractivity contribution in [3.8, 4) is 0 Å². The van der Waals surface area contributed by atoms with Gasteiger partial charge in [0, 0.05) is 29.2 Å². The normalized spacial score (nSPS) is 11.4. The summed E-state index contributed by atoms with van der Waals surface area (Å²) < 4.78 is 2.20. The van der Waals surface area contributed by atoms with E-state index < -0.39 is 0 Å². The van der Waals surface area contributed by atoms with Crippen LogP contribution in [0, 0.1) is 6.92 Å². The molecule has 0 amide bonds. The third kappa shape index (κ3) is 1.40. The minimum absolute atomic E-state index is 1.18. The fourth-order valence-corrected chi connectivity index (χ4v) is 2.30. The van der Waals surface area contributed by atoms with E-state index in [2.05, 4.69) is 55.5 Å². The Kier molecular flexibility index (Phi) is 2.69. The molecule has 0 N–H and O–H groups in total. The molecule has 0 saturated heterocycles. The van der Waals surface area contributed by atoms with Crippen LogP contribution in [0.1, 0.15) is 23.7 Å². The summed E-state index contributed by atoms with van der Waals surface area (Å²) in [6, 6.07) is 6.41. The molecule has 0 unspecified atom stereocenters. The van der Waals surface area contributed by atoms with Crippen LogP contribution in [0.3, 0.4) is 0 Å². The lowest BCUT2D eigenvalue weighted by Crippen LogP contribution is -1.90. The van der Waals surface area contributed by atoms with Gasteiger partial charge in [-0.3, -0.25) is 0 Å². The van der Waals surface area contributed by atoms with Gasteiger partial charge in [0.1, 0.15) is 0 Å². The first-order valence-electron chi connectivity index (χ1n) is 5.53. The summed E-state index contributed by atoms with van der Waals surface area (Å²) in [5.74, 6) is 0. The van der Waals surface area contributed by atoms with Gasteiger partial charge < -0.3 is 4.57 Å². The maximum absolute atomic E-state index is 3.90. The third-order valence-corrected chi connectivity index (χ3v) is 3.05. The number of nitrogens with zero attached hydrogens (tertiary/aromatic N) is 1. The zero-order valence-electron chi connectivity index (χ0n) is 10.1. The molecule has 0 spiro atoms. The SMILES string of the molecule is C=Cc1c(/C=C\C)c2c(C)cccc2n1C. The number of rotatable bonds is 2. The molecule has 0 aliphatic carbocycles. The predicted octanol–water partition coefficient (Wildman–Crippen LogP) is 4.16. The maximum Gasteiger partial charge on any atom is 0.0491 e. The van der Waals surface area contributed by atoms with Crippen molar-refractivity contribution in [1.29, 1.82) is 0 Å². The zero-order chi connectivity index (χ0) is 11.7. The van der Waals surface area contributed by atoms with E-state index >= 15 is 0 Å². The van der Waals surface area contributed by atoms with Crippen molar-refractivity contribution in [3.05, 3.63) is 47.7 Å². The van der Waals surface area contributed by atoms with Crippen molar-refractivity contribution in [3.63, 3.8) is 0 Å². The van der Waals surface area contributed by atoms with Crippen molar-refractivity contribution in [1.82, 2.24) is 4.57 Å². The summed E-state index contributed by atoms with van der Waals surface area (Å²) in [5.41, 5.74) is 5.04. The van der Waals surface area contributed by atoms with Gasteiger partial charge in [0.15, 0.2) is 0 Å². The van der Waals surface area contributed by atoms with E-state index in [-0.39, 0.29) is 0 Å². The summed E-state index contributed by atoms with van der Waals surface area (Å²) in [6.45, 7) is 8.11. The second kappa shape index (κ2) is 4.01. The molecule has 0 fully saturated rings. The molecule has 2 rings (SSSR count). The Morgan fingerprint density at radius 3 is 2.69 bits per heavy atom. The molecule has 1 aromatic carbocycles. The Balaban J connectivity index is 2.98. The lowest BCUT2D eigenvalue weighted by molar-refractivity contribution is 0.953. The highest BCUT2D eigenvalue weighted by atomic mass is 14.9. The van der Waals surface area contributed by atoms with Gasteiger partial charge >= 0.3 is 0 Å². The first kappa shape index (κ1) is 10.7. The highest BCUT2D eigenvalue weighted by molar-refractivity contribution is 5.96. The molecule has 0 aliphatic heterocycles. The van der Waals surface area contributed by atoms with Crippen LogP contribution in [0.5, 0.6) is 0 Å². The van der Waals surface area contributed by atoms with Crippen LogP contribution in [-0.4, -0.2) is 4.57 Å². The van der Waals surface area contributed by atoms with Crippen LogP contribution in [0.15, 0.2) is 30.9 Å². The summed E-state index contributed by atoms with van der Waals surface area (Å²) in [7, 11) is 2.09. The molecule has 1 heteroatoms. The molecule has 1 aromatic heterocycles. The average Bonchev–Trinajstić information content (AvgIpc) is 2.54. The maximum atomic E-state index is 3.90. The third-order valence-electron chi connectivity index (χ3n) is 3.05. The Bertz CT molecular complexity index is 571. The Morgan fingerprint density at radius 1 is 1.31 bits per heavy atom. The molecule has 0 saturated carbocycles. The second-order valence-electron chi connectivity index (χ2n) is 4.03. The summed E-state index contributed by atoms with van der Waals surface area (Å²) in [4.78, 5) is 0. The van der Waals surface area contributed by atoms with Gasteiger partial charge in [0.05, 0.1) is 0 Å². The van der Waals surface area contributed by atoms with Crippen LogP contribution >= 0.6 is 0 Å². The van der Waals surface area contributed by atoms with Gasteiger partial charge in [-0.1, -0.05) is 30.9 Å². The molecule has 0 bridgehead atoms. The van der Waals surface area contributed by atoms with Crippen molar-refractivity contribution < 1.29 is 0 Å². The monoisotopic (exact) mass is 211 g/mol. The van der Waals surface area contributed by atoms with E-state index in [0.717, 1.165) is 0 Å². The standard InChI is InChI=1S/C15H17N/c1-5-8-12-13(6-2)16(4)14-10-7-9-11(3)15(12)14/h5-10H,2H2,1,3-4H3/b8-5-. The van der Waals surface area contributed by atoms with E-state index in [1.165, 1.54) is 27.7 Å². The van der Waals surface area contributed by atoms with Crippen LogP contribution in [-0.2, 0) is 7.05 Å². The molecule has 82 valence electrons. The minimum atomic E-state index is 1.18. The van der Waals surface area contributed by atoms with E-state index in [4.69, 9.17) is 0 Å². The number of hydrogen-bond acceptors (Lipinski definition) is 0. The second-order valence-corrected chi connectivity index (χ2v) is 4.03. The fraction of sp³-hybridized carbons (Fsp3) is 0.200. The van der Waals surface area contributed by atoms with Crippen LogP contribution in [0.25, 0.3) is 23.1 Å². The lowest BCUT2D eigenvalue weighted by atomic mass is 10.1. The highest BCUT2D eigenvalue weighted by Crippen LogP contribution is 2.29. The molecule has 1 nitrogen and oxygen atoms in total. The van der Waals surface area contributed by atoms with E-state index in [9.17, 15) is 0 Å². The molecular weight excluding hydrogens is 194 g/mol. The van der Waals surface area contributed by atoms with Gasteiger partial charge in [0.25, 0.3) is 0 Å². The van der Waals surface area contributed by atoms with Crippen LogP contribution in [0.4, 0.5) is 0 Å². The van der Waals surface area contributed by atoms with E-state index in [1.54, 1.807) is 0 Å². The first-order valence-corrected chi connectivity index (χ1v) is 5.53. The largest absolute Gasteiger partial charge is 0.344 e. The topological polar surface area (TPSA) is 4.93 Å².